The van der Waals surface area contributed by atoms with Gasteiger partial charge in [0.1, 0.15) is 5.75 Å². The van der Waals surface area contributed by atoms with Crippen molar-refractivity contribution in [3.05, 3.63) is 24.3 Å². The minimum absolute atomic E-state index is 0.0636. The van der Waals surface area contributed by atoms with Gasteiger partial charge in [-0.25, -0.2) is 13.1 Å². The molecule has 0 aromatic heterocycles. The van der Waals surface area contributed by atoms with Crippen LogP contribution in [0, 0.1) is 5.92 Å². The van der Waals surface area contributed by atoms with Gasteiger partial charge >= 0.3 is 0 Å². The molecule has 1 fully saturated rings. The van der Waals surface area contributed by atoms with Gasteiger partial charge < -0.3 is 9.84 Å². The highest BCUT2D eigenvalue weighted by Crippen LogP contribution is 2.31. The van der Waals surface area contributed by atoms with Crippen LogP contribution in [0.5, 0.6) is 5.75 Å². The highest BCUT2D eigenvalue weighted by molar-refractivity contribution is 7.89. The lowest BCUT2D eigenvalue weighted by molar-refractivity contribution is -0.00182. The van der Waals surface area contributed by atoms with E-state index in [4.69, 9.17) is 4.74 Å². The number of hydrogen-bond donors (Lipinski definition) is 2. The molecule has 21 heavy (non-hydrogen) atoms. The van der Waals surface area contributed by atoms with Crippen molar-refractivity contribution < 1.29 is 18.3 Å². The molecule has 1 saturated carbocycles. The second-order valence-corrected chi connectivity index (χ2v) is 7.67. The SMILES string of the molecule is COc1ccc(S(=O)(=O)NCC2(O)CCC(C)CC2)cc1. The minimum atomic E-state index is -3.60. The van der Waals surface area contributed by atoms with Crippen LogP contribution in [0.4, 0.5) is 0 Å². The molecule has 118 valence electrons. The molecule has 0 heterocycles. The van der Waals surface area contributed by atoms with Crippen LogP contribution in [0.25, 0.3) is 0 Å². The minimum Gasteiger partial charge on any atom is -0.497 e. The number of benzene rings is 1. The molecule has 0 unspecified atom stereocenters. The Balaban J connectivity index is 2.00. The number of nitrogens with one attached hydrogen (secondary N) is 1. The molecule has 0 radical (unpaired) electrons. The van der Waals surface area contributed by atoms with Gasteiger partial charge in [0, 0.05) is 6.54 Å². The van der Waals surface area contributed by atoms with E-state index in [-0.39, 0.29) is 11.4 Å². The third kappa shape index (κ3) is 4.18. The average molecular weight is 313 g/mol. The predicted molar refractivity (Wildman–Crippen MR) is 80.8 cm³/mol. The van der Waals surface area contributed by atoms with Gasteiger partial charge in [-0.05, 0) is 55.9 Å². The van der Waals surface area contributed by atoms with E-state index in [1.54, 1.807) is 12.1 Å². The van der Waals surface area contributed by atoms with Gasteiger partial charge in [-0.1, -0.05) is 6.92 Å². The molecular formula is C15H23NO4S. The van der Waals surface area contributed by atoms with Gasteiger partial charge in [0.05, 0.1) is 17.6 Å². The van der Waals surface area contributed by atoms with E-state index >= 15 is 0 Å². The van der Waals surface area contributed by atoms with Crippen LogP contribution in [0.15, 0.2) is 29.2 Å². The highest BCUT2D eigenvalue weighted by atomic mass is 32.2. The lowest BCUT2D eigenvalue weighted by Crippen LogP contribution is -2.45. The standard InChI is InChI=1S/C15H23NO4S/c1-12-7-9-15(17,10-8-12)11-16-21(18,19)14-5-3-13(20-2)4-6-14/h3-6,12,16-17H,7-11H2,1-2H3. The van der Waals surface area contributed by atoms with E-state index in [1.165, 1.54) is 19.2 Å². The lowest BCUT2D eigenvalue weighted by atomic mass is 9.80. The smallest absolute Gasteiger partial charge is 0.240 e. The molecule has 5 nitrogen and oxygen atoms in total. The van der Waals surface area contributed by atoms with Crippen molar-refractivity contribution in [1.82, 2.24) is 4.72 Å². The third-order valence-corrected chi connectivity index (χ3v) is 5.58. The van der Waals surface area contributed by atoms with E-state index in [0.29, 0.717) is 24.5 Å². The van der Waals surface area contributed by atoms with Crippen molar-refractivity contribution in [2.24, 2.45) is 5.92 Å². The Morgan fingerprint density at radius 3 is 2.38 bits per heavy atom. The fraction of sp³-hybridized carbons (Fsp3) is 0.600. The fourth-order valence-electron chi connectivity index (χ4n) is 2.54. The van der Waals surface area contributed by atoms with E-state index in [9.17, 15) is 13.5 Å². The quantitative estimate of drug-likeness (QED) is 0.871. The molecule has 6 heteroatoms. The normalized spacial score (nSPS) is 26.5. The Kier molecular flexibility index (Phi) is 4.91. The Labute approximate surface area is 126 Å². The maximum atomic E-state index is 12.2. The summed E-state index contributed by atoms with van der Waals surface area (Å²) in [6, 6.07) is 6.19. The molecule has 0 amide bonds. The van der Waals surface area contributed by atoms with Gasteiger partial charge in [-0.3, -0.25) is 0 Å². The fourth-order valence-corrected chi connectivity index (χ4v) is 3.66. The van der Waals surface area contributed by atoms with E-state index in [0.717, 1.165) is 12.8 Å². The van der Waals surface area contributed by atoms with Crippen LogP contribution in [0.1, 0.15) is 32.6 Å². The zero-order valence-corrected chi connectivity index (χ0v) is 13.3. The van der Waals surface area contributed by atoms with Crippen molar-refractivity contribution in [3.8, 4) is 5.75 Å². The summed E-state index contributed by atoms with van der Waals surface area (Å²) < 4.78 is 32.0. The number of methoxy groups -OCH3 is 1. The van der Waals surface area contributed by atoms with Crippen LogP contribution >= 0.6 is 0 Å². The largest absolute Gasteiger partial charge is 0.497 e. The van der Waals surface area contributed by atoms with Crippen LogP contribution in [0.2, 0.25) is 0 Å². The number of aliphatic hydroxyl groups is 1. The topological polar surface area (TPSA) is 75.6 Å². The number of ether oxygens (including phenoxy) is 1. The molecule has 1 aliphatic rings. The molecule has 0 spiro atoms. The number of sulfonamides is 1. The highest BCUT2D eigenvalue weighted by Gasteiger charge is 2.33. The molecule has 0 atom stereocenters. The van der Waals surface area contributed by atoms with Crippen molar-refractivity contribution in [1.29, 1.82) is 0 Å². The van der Waals surface area contributed by atoms with Gasteiger partial charge in [-0.15, -0.1) is 0 Å². The number of rotatable bonds is 5. The van der Waals surface area contributed by atoms with Gasteiger partial charge in [0.2, 0.25) is 10.0 Å². The summed E-state index contributed by atoms with van der Waals surface area (Å²) in [5.74, 6) is 1.21. The summed E-state index contributed by atoms with van der Waals surface area (Å²) in [7, 11) is -2.07. The summed E-state index contributed by atoms with van der Waals surface area (Å²) in [6.07, 6.45) is 3.14. The first-order valence-corrected chi connectivity index (χ1v) is 8.69. The zero-order valence-electron chi connectivity index (χ0n) is 12.5. The maximum Gasteiger partial charge on any atom is 0.240 e. The van der Waals surface area contributed by atoms with Crippen LogP contribution in [0.3, 0.4) is 0 Å². The van der Waals surface area contributed by atoms with Crippen molar-refractivity contribution in [3.63, 3.8) is 0 Å². The molecular weight excluding hydrogens is 290 g/mol. The van der Waals surface area contributed by atoms with E-state index < -0.39 is 15.6 Å². The Bertz CT molecular complexity index is 560. The van der Waals surface area contributed by atoms with Gasteiger partial charge in [0.15, 0.2) is 0 Å². The summed E-state index contributed by atoms with van der Waals surface area (Å²) >= 11 is 0. The average Bonchev–Trinajstić information content (AvgIpc) is 2.49. The Morgan fingerprint density at radius 2 is 1.86 bits per heavy atom. The number of hydrogen-bond acceptors (Lipinski definition) is 4. The monoisotopic (exact) mass is 313 g/mol. The molecule has 1 aromatic rings. The second kappa shape index (κ2) is 6.34. The third-order valence-electron chi connectivity index (χ3n) is 4.17. The zero-order chi connectivity index (χ0) is 15.5. The van der Waals surface area contributed by atoms with Crippen molar-refractivity contribution in [2.75, 3.05) is 13.7 Å². The van der Waals surface area contributed by atoms with Gasteiger partial charge in [0.25, 0.3) is 0 Å². The Hall–Kier alpha value is -1.11. The van der Waals surface area contributed by atoms with Crippen LogP contribution in [-0.2, 0) is 10.0 Å². The molecule has 1 aliphatic carbocycles. The first-order chi connectivity index (χ1) is 9.85. The first-order valence-electron chi connectivity index (χ1n) is 7.21. The van der Waals surface area contributed by atoms with E-state index in [1.807, 2.05) is 0 Å². The maximum absolute atomic E-state index is 12.2. The van der Waals surface area contributed by atoms with Crippen molar-refractivity contribution >= 4 is 10.0 Å². The van der Waals surface area contributed by atoms with Crippen LogP contribution in [-0.4, -0.2) is 32.8 Å². The molecule has 2 N–H and O–H groups in total. The molecule has 0 saturated heterocycles. The summed E-state index contributed by atoms with van der Waals surface area (Å²) in [5.41, 5.74) is -0.925. The summed E-state index contributed by atoms with van der Waals surface area (Å²) in [5, 5.41) is 10.4. The molecule has 1 aromatic carbocycles. The Morgan fingerprint density at radius 1 is 1.29 bits per heavy atom. The van der Waals surface area contributed by atoms with Crippen molar-refractivity contribution in [2.45, 2.75) is 43.1 Å². The second-order valence-electron chi connectivity index (χ2n) is 5.91. The summed E-state index contributed by atoms with van der Waals surface area (Å²) in [4.78, 5) is 0.177. The summed E-state index contributed by atoms with van der Waals surface area (Å²) in [6.45, 7) is 2.22. The van der Waals surface area contributed by atoms with E-state index in [2.05, 4.69) is 11.6 Å². The molecule has 0 aliphatic heterocycles. The van der Waals surface area contributed by atoms with Crippen LogP contribution < -0.4 is 9.46 Å². The lowest BCUT2D eigenvalue weighted by Gasteiger charge is -2.34. The molecule has 2 rings (SSSR count). The van der Waals surface area contributed by atoms with Gasteiger partial charge in [-0.2, -0.15) is 0 Å². The predicted octanol–water partition coefficient (Wildman–Crippen LogP) is 1.91. The molecule has 0 bridgehead atoms. The first kappa shape index (κ1) is 16.3.